The average Bonchev–Trinajstić information content (AvgIpc) is 3.34. The number of rotatable bonds is 6. The highest BCUT2D eigenvalue weighted by molar-refractivity contribution is 6.31. The molecule has 0 unspecified atom stereocenters. The predicted molar refractivity (Wildman–Crippen MR) is 112 cm³/mol. The van der Waals surface area contributed by atoms with Gasteiger partial charge in [0, 0.05) is 43.0 Å². The molecule has 2 heterocycles. The minimum atomic E-state index is -0.0787. The quantitative estimate of drug-likeness (QED) is 0.672. The molecule has 1 N–H and O–H groups in total. The largest absolute Gasteiger partial charge is 0.467 e. The van der Waals surface area contributed by atoms with Crippen LogP contribution in [0.1, 0.15) is 39.5 Å². The Morgan fingerprint density at radius 3 is 2.93 bits per heavy atom. The van der Waals surface area contributed by atoms with E-state index in [9.17, 15) is 4.79 Å². The van der Waals surface area contributed by atoms with Crippen molar-refractivity contribution in [2.75, 3.05) is 7.05 Å². The number of benzene rings is 1. The van der Waals surface area contributed by atoms with E-state index in [1.165, 1.54) is 0 Å². The summed E-state index contributed by atoms with van der Waals surface area (Å²) in [5, 5.41) is 8.93. The smallest absolute Gasteiger partial charge is 0.274 e. The number of carbonyl (C=O) groups is 1. The van der Waals surface area contributed by atoms with E-state index in [1.807, 2.05) is 48.1 Å². The third kappa shape index (κ3) is 4.23. The summed E-state index contributed by atoms with van der Waals surface area (Å²) in [6.45, 7) is 1.13. The van der Waals surface area contributed by atoms with Gasteiger partial charge >= 0.3 is 0 Å². The van der Waals surface area contributed by atoms with Gasteiger partial charge in [-0.25, -0.2) is 0 Å². The minimum Gasteiger partial charge on any atom is -0.467 e. The van der Waals surface area contributed by atoms with Crippen molar-refractivity contribution in [3.8, 4) is 0 Å². The minimum absolute atomic E-state index is 0.0787. The Balaban J connectivity index is 1.47. The molecule has 0 saturated heterocycles. The first-order valence-electron chi connectivity index (χ1n) is 9.82. The Hall–Kier alpha value is -2.57. The van der Waals surface area contributed by atoms with Gasteiger partial charge in [-0.05, 0) is 43.0 Å². The number of hydrogen-bond acceptors (Lipinski definition) is 4. The molecule has 0 saturated carbocycles. The summed E-state index contributed by atoms with van der Waals surface area (Å²) in [4.78, 5) is 14.7. The molecule has 0 spiro atoms. The molecule has 7 heteroatoms. The molecular weight excluding hydrogens is 388 g/mol. The summed E-state index contributed by atoms with van der Waals surface area (Å²) < 4.78 is 7.22. The van der Waals surface area contributed by atoms with Gasteiger partial charge in [0.25, 0.3) is 5.91 Å². The highest BCUT2D eigenvalue weighted by atomic mass is 35.5. The van der Waals surface area contributed by atoms with Gasteiger partial charge < -0.3 is 14.6 Å². The maximum Gasteiger partial charge on any atom is 0.274 e. The van der Waals surface area contributed by atoms with Crippen LogP contribution in [0.25, 0.3) is 0 Å². The lowest BCUT2D eigenvalue weighted by atomic mass is 9.91. The Morgan fingerprint density at radius 2 is 2.17 bits per heavy atom. The molecule has 1 aromatic carbocycles. The molecule has 0 radical (unpaired) electrons. The predicted octanol–water partition coefficient (Wildman–Crippen LogP) is 3.59. The van der Waals surface area contributed by atoms with E-state index in [0.29, 0.717) is 18.8 Å². The third-order valence-corrected chi connectivity index (χ3v) is 5.89. The highest BCUT2D eigenvalue weighted by Gasteiger charge is 2.29. The van der Waals surface area contributed by atoms with Crippen LogP contribution in [-0.4, -0.2) is 33.7 Å². The van der Waals surface area contributed by atoms with Crippen molar-refractivity contribution >= 4 is 17.5 Å². The molecule has 0 aliphatic heterocycles. The van der Waals surface area contributed by atoms with Crippen LogP contribution in [0.5, 0.6) is 0 Å². The van der Waals surface area contributed by atoms with E-state index in [4.69, 9.17) is 16.0 Å². The SMILES string of the molecule is CN(Cc1ccco1)C(=O)c1nn(C)c2c1C[C@@H](NCc1ccccc1Cl)CC2. The molecule has 1 aliphatic carbocycles. The fourth-order valence-corrected chi connectivity index (χ4v) is 4.12. The normalized spacial score (nSPS) is 15.9. The summed E-state index contributed by atoms with van der Waals surface area (Å²) in [7, 11) is 3.70. The van der Waals surface area contributed by atoms with Gasteiger partial charge in [-0.3, -0.25) is 9.48 Å². The topological polar surface area (TPSA) is 63.3 Å². The zero-order valence-corrected chi connectivity index (χ0v) is 17.4. The zero-order valence-electron chi connectivity index (χ0n) is 16.7. The standard InChI is InChI=1S/C22H25ClN4O2/c1-26(14-17-7-5-11-29-17)22(28)21-18-12-16(9-10-20(18)27(2)25-21)24-13-15-6-3-4-8-19(15)23/h3-8,11,16,24H,9-10,12-14H2,1-2H3/t16-/m0/s1. The van der Waals surface area contributed by atoms with Gasteiger partial charge in [0.2, 0.25) is 0 Å². The number of carbonyl (C=O) groups excluding carboxylic acids is 1. The molecule has 29 heavy (non-hydrogen) atoms. The van der Waals surface area contributed by atoms with Crippen molar-refractivity contribution in [2.45, 2.75) is 38.4 Å². The second-order valence-corrected chi connectivity index (χ2v) is 7.96. The monoisotopic (exact) mass is 412 g/mol. The number of fused-ring (bicyclic) bond motifs is 1. The number of nitrogens with one attached hydrogen (secondary N) is 1. The van der Waals surface area contributed by atoms with E-state index in [1.54, 1.807) is 18.2 Å². The number of aryl methyl sites for hydroxylation is 1. The fourth-order valence-electron chi connectivity index (χ4n) is 3.92. The first-order chi connectivity index (χ1) is 14.0. The van der Waals surface area contributed by atoms with Crippen molar-refractivity contribution in [3.63, 3.8) is 0 Å². The van der Waals surface area contributed by atoms with Crippen molar-refractivity contribution in [2.24, 2.45) is 7.05 Å². The maximum absolute atomic E-state index is 13.1. The molecule has 1 amide bonds. The number of nitrogens with zero attached hydrogens (tertiary/aromatic N) is 3. The summed E-state index contributed by atoms with van der Waals surface area (Å²) in [5.74, 6) is 0.676. The summed E-state index contributed by atoms with van der Waals surface area (Å²) in [6.07, 6.45) is 4.30. The second-order valence-electron chi connectivity index (χ2n) is 7.55. The highest BCUT2D eigenvalue weighted by Crippen LogP contribution is 2.26. The van der Waals surface area contributed by atoms with Crippen LogP contribution in [0.3, 0.4) is 0 Å². The van der Waals surface area contributed by atoms with Crippen LogP contribution in [0, 0.1) is 0 Å². The van der Waals surface area contributed by atoms with Gasteiger partial charge in [-0.1, -0.05) is 29.8 Å². The Morgan fingerprint density at radius 1 is 1.34 bits per heavy atom. The van der Waals surface area contributed by atoms with E-state index in [0.717, 1.165) is 46.9 Å². The van der Waals surface area contributed by atoms with Gasteiger partial charge in [0.15, 0.2) is 5.69 Å². The molecular formula is C22H25ClN4O2. The molecule has 0 fully saturated rings. The molecule has 152 valence electrons. The lowest BCUT2D eigenvalue weighted by Gasteiger charge is -2.25. The number of hydrogen-bond donors (Lipinski definition) is 1. The number of halogens is 1. The molecule has 1 atom stereocenters. The van der Waals surface area contributed by atoms with Crippen LogP contribution in [-0.2, 0) is 33.0 Å². The molecule has 6 nitrogen and oxygen atoms in total. The van der Waals surface area contributed by atoms with Crippen molar-refractivity contribution in [1.82, 2.24) is 20.0 Å². The molecule has 1 aliphatic rings. The van der Waals surface area contributed by atoms with Crippen molar-refractivity contribution < 1.29 is 9.21 Å². The van der Waals surface area contributed by atoms with Crippen molar-refractivity contribution in [3.05, 3.63) is 76.0 Å². The second kappa shape index (κ2) is 8.43. The van der Waals surface area contributed by atoms with Crippen LogP contribution < -0.4 is 5.32 Å². The summed E-state index contributed by atoms with van der Waals surface area (Å²) in [6, 6.07) is 11.8. The maximum atomic E-state index is 13.1. The van der Waals surface area contributed by atoms with Crippen LogP contribution in [0.4, 0.5) is 0 Å². The van der Waals surface area contributed by atoms with Gasteiger partial charge in [0.05, 0.1) is 12.8 Å². The Bertz CT molecular complexity index is 996. The first kappa shape index (κ1) is 19.7. The van der Waals surface area contributed by atoms with Crippen LogP contribution in [0.15, 0.2) is 47.1 Å². The molecule has 0 bridgehead atoms. The van der Waals surface area contributed by atoms with E-state index < -0.39 is 0 Å². The molecule has 4 rings (SSSR count). The van der Waals surface area contributed by atoms with Gasteiger partial charge in [0.1, 0.15) is 5.76 Å². The summed E-state index contributed by atoms with van der Waals surface area (Å²) >= 11 is 6.28. The Labute approximate surface area is 175 Å². The first-order valence-corrected chi connectivity index (χ1v) is 10.2. The van der Waals surface area contributed by atoms with Crippen molar-refractivity contribution in [1.29, 1.82) is 0 Å². The third-order valence-electron chi connectivity index (χ3n) is 5.52. The lowest BCUT2D eigenvalue weighted by molar-refractivity contribution is 0.0767. The Kier molecular flexibility index (Phi) is 5.74. The van der Waals surface area contributed by atoms with E-state index >= 15 is 0 Å². The number of furan rings is 1. The van der Waals surface area contributed by atoms with E-state index in [-0.39, 0.29) is 11.9 Å². The zero-order chi connectivity index (χ0) is 20.4. The lowest BCUT2D eigenvalue weighted by Crippen LogP contribution is -2.35. The summed E-state index contributed by atoms with van der Waals surface area (Å²) in [5.41, 5.74) is 3.82. The molecule has 3 aromatic rings. The van der Waals surface area contributed by atoms with E-state index in [2.05, 4.69) is 10.4 Å². The average molecular weight is 413 g/mol. The van der Waals surface area contributed by atoms with Crippen LogP contribution >= 0.6 is 11.6 Å². The number of aromatic nitrogens is 2. The fraction of sp³-hybridized carbons (Fsp3) is 0.364. The number of amides is 1. The van der Waals surface area contributed by atoms with Gasteiger partial charge in [-0.15, -0.1) is 0 Å². The molecule has 2 aromatic heterocycles. The van der Waals surface area contributed by atoms with Crippen LogP contribution in [0.2, 0.25) is 5.02 Å². The van der Waals surface area contributed by atoms with Gasteiger partial charge in [-0.2, -0.15) is 5.10 Å².